The van der Waals surface area contributed by atoms with E-state index in [9.17, 15) is 0 Å². The topological polar surface area (TPSA) is 42.2 Å². The first-order chi connectivity index (χ1) is 20.3. The largest absolute Gasteiger partial charge is 0.456 e. The van der Waals surface area contributed by atoms with Gasteiger partial charge in [0.1, 0.15) is 11.3 Å². The number of thioether (sulfide) groups is 1. The average molecular weight is 548 g/mol. The molecular weight excluding hydrogens is 522 g/mol. The molecule has 0 amide bonds. The summed E-state index contributed by atoms with van der Waals surface area (Å²) < 4.78 is 6.33. The van der Waals surface area contributed by atoms with Crippen LogP contribution in [0.1, 0.15) is 23.3 Å². The van der Waals surface area contributed by atoms with Gasteiger partial charge < -0.3 is 9.32 Å². The Kier molecular flexibility index (Phi) is 5.47. The summed E-state index contributed by atoms with van der Waals surface area (Å²) in [7, 11) is 0. The number of aryl methyl sites for hydroxylation is 1. The first-order valence-electron chi connectivity index (χ1n) is 13.7. The van der Waals surface area contributed by atoms with Gasteiger partial charge in [-0.25, -0.2) is 0 Å². The highest BCUT2D eigenvalue weighted by molar-refractivity contribution is 8.03. The Bertz CT molecular complexity index is 2080. The van der Waals surface area contributed by atoms with Gasteiger partial charge in [0, 0.05) is 49.5 Å². The Morgan fingerprint density at radius 3 is 2.39 bits per heavy atom. The van der Waals surface area contributed by atoms with Gasteiger partial charge in [-0.1, -0.05) is 67.4 Å². The van der Waals surface area contributed by atoms with Crippen LogP contribution in [0.15, 0.2) is 130 Å². The lowest BCUT2D eigenvalue weighted by atomic mass is 9.87. The number of hydrogen-bond donors (Lipinski definition) is 0. The summed E-state index contributed by atoms with van der Waals surface area (Å²) in [6.07, 6.45) is 11.6. The zero-order valence-electron chi connectivity index (χ0n) is 22.3. The Hall–Kier alpha value is -4.87. The van der Waals surface area contributed by atoms with Crippen molar-refractivity contribution < 1.29 is 4.42 Å². The highest BCUT2D eigenvalue weighted by atomic mass is 32.2. The second kappa shape index (κ2) is 9.36. The van der Waals surface area contributed by atoms with Gasteiger partial charge in [-0.3, -0.25) is 9.97 Å². The van der Waals surface area contributed by atoms with Crippen molar-refractivity contribution in [2.45, 2.75) is 17.7 Å². The van der Waals surface area contributed by atoms with Crippen LogP contribution in [-0.4, -0.2) is 9.97 Å². The molecule has 3 aromatic heterocycles. The molecule has 0 radical (unpaired) electrons. The lowest BCUT2D eigenvalue weighted by Crippen LogP contribution is -2.21. The van der Waals surface area contributed by atoms with Gasteiger partial charge in [-0.2, -0.15) is 0 Å². The second-order valence-corrected chi connectivity index (χ2v) is 11.3. The predicted molar refractivity (Wildman–Crippen MR) is 171 cm³/mol. The molecule has 196 valence electrons. The average Bonchev–Trinajstić information content (AvgIpc) is 3.40. The third-order valence-corrected chi connectivity index (χ3v) is 9.18. The van der Waals surface area contributed by atoms with Crippen molar-refractivity contribution in [3.05, 3.63) is 138 Å². The maximum Gasteiger partial charge on any atom is 0.135 e. The molecule has 41 heavy (non-hydrogen) atoms. The number of nitrogens with zero attached hydrogens (tertiary/aromatic N) is 3. The molecule has 8 rings (SSSR count). The van der Waals surface area contributed by atoms with E-state index in [1.54, 1.807) is 11.8 Å². The van der Waals surface area contributed by atoms with Crippen LogP contribution in [0.2, 0.25) is 0 Å². The number of allylic oxidation sites excluding steroid dienone is 3. The number of rotatable bonds is 4. The second-order valence-electron chi connectivity index (χ2n) is 10.2. The fraction of sp³-hybridized carbons (Fsp3) is 0.0556. The molecule has 0 N–H and O–H groups in total. The minimum Gasteiger partial charge on any atom is -0.456 e. The van der Waals surface area contributed by atoms with E-state index in [0.717, 1.165) is 78.4 Å². The minimum atomic E-state index is 0.896. The van der Waals surface area contributed by atoms with Crippen LogP contribution in [0.5, 0.6) is 0 Å². The molecule has 3 aromatic carbocycles. The fourth-order valence-corrected chi connectivity index (χ4v) is 7.31. The van der Waals surface area contributed by atoms with Gasteiger partial charge in [-0.15, -0.1) is 0 Å². The van der Waals surface area contributed by atoms with Crippen LogP contribution >= 0.6 is 11.8 Å². The lowest BCUT2D eigenvalue weighted by Gasteiger charge is -2.34. The molecule has 4 nitrogen and oxygen atoms in total. The zero-order chi connectivity index (χ0) is 27.5. The monoisotopic (exact) mass is 547 g/mol. The molecule has 5 heteroatoms. The summed E-state index contributed by atoms with van der Waals surface area (Å²) in [5.41, 5.74) is 9.48. The highest BCUT2D eigenvalue weighted by Gasteiger charge is 2.30. The van der Waals surface area contributed by atoms with E-state index < -0.39 is 0 Å². The molecule has 0 atom stereocenters. The van der Waals surface area contributed by atoms with Gasteiger partial charge in [-0.05, 0) is 67.0 Å². The number of para-hydroxylation sites is 2. The van der Waals surface area contributed by atoms with Crippen molar-refractivity contribution >= 4 is 67.6 Å². The summed E-state index contributed by atoms with van der Waals surface area (Å²) >= 11 is 1.71. The van der Waals surface area contributed by atoms with Gasteiger partial charge in [0.2, 0.25) is 0 Å². The van der Waals surface area contributed by atoms with E-state index in [4.69, 9.17) is 14.4 Å². The first-order valence-corrected chi connectivity index (χ1v) is 14.5. The van der Waals surface area contributed by atoms with Gasteiger partial charge in [0.05, 0.1) is 28.1 Å². The van der Waals surface area contributed by atoms with Crippen LogP contribution in [-0.2, 0) is 6.42 Å². The van der Waals surface area contributed by atoms with Crippen molar-refractivity contribution in [1.82, 2.24) is 9.97 Å². The van der Waals surface area contributed by atoms with E-state index in [1.165, 1.54) is 16.5 Å². The fourth-order valence-electron chi connectivity index (χ4n) is 6.30. The van der Waals surface area contributed by atoms with E-state index in [0.29, 0.717) is 0 Å². The molecule has 0 saturated heterocycles. The number of hydrogen-bond acceptors (Lipinski definition) is 5. The Balaban J connectivity index is 1.45. The number of anilines is 2. The highest BCUT2D eigenvalue weighted by Crippen LogP contribution is 2.52. The summed E-state index contributed by atoms with van der Waals surface area (Å²) in [5.74, 6) is 0.937. The molecule has 0 spiro atoms. The smallest absolute Gasteiger partial charge is 0.135 e. The van der Waals surface area contributed by atoms with Gasteiger partial charge in [0.25, 0.3) is 0 Å². The SMILES string of the molecule is C=CC1=C(C=C)N(c2c3cccnc3c(C3=Cc4oc5ccccc5c4CC3)c3cccnc23)c2ccccc2S1. The normalized spacial score (nSPS) is 14.7. The van der Waals surface area contributed by atoms with E-state index in [-0.39, 0.29) is 0 Å². The van der Waals surface area contributed by atoms with Crippen molar-refractivity contribution in [1.29, 1.82) is 0 Å². The molecule has 6 aromatic rings. The minimum absolute atomic E-state index is 0.896. The molecule has 0 saturated carbocycles. The molecule has 4 heterocycles. The Labute approximate surface area is 242 Å². The van der Waals surface area contributed by atoms with E-state index >= 15 is 0 Å². The first kappa shape index (κ1) is 24.0. The number of pyridine rings is 2. The zero-order valence-corrected chi connectivity index (χ0v) is 23.1. The standard InChI is InChI=1S/C36H25N3OS/c1-3-27-31(4-2)41-32-16-8-6-14-28(32)39(27)36-26-13-10-19-37-34(26)33(25-12-9-20-38-35(25)36)22-17-18-24-23-11-5-7-15-29(23)40-30(24)21-22/h3-16,19-21H,1-2,17-18H2. The lowest BCUT2D eigenvalue weighted by molar-refractivity contribution is 0.596. The van der Waals surface area contributed by atoms with Crippen molar-refractivity contribution in [3.8, 4) is 0 Å². The maximum absolute atomic E-state index is 6.33. The van der Waals surface area contributed by atoms with Crippen LogP contribution in [0.3, 0.4) is 0 Å². The molecule has 0 unspecified atom stereocenters. The molecule has 1 aliphatic carbocycles. The Morgan fingerprint density at radius 2 is 1.54 bits per heavy atom. The van der Waals surface area contributed by atoms with Crippen LogP contribution in [0.4, 0.5) is 11.4 Å². The quantitative estimate of drug-likeness (QED) is 0.206. The van der Waals surface area contributed by atoms with E-state index in [1.807, 2.05) is 48.8 Å². The Morgan fingerprint density at radius 1 is 0.780 bits per heavy atom. The third-order valence-electron chi connectivity index (χ3n) is 8.02. The molecular formula is C36H25N3OS. The molecule has 0 fully saturated rings. The third kappa shape index (κ3) is 3.56. The molecule has 1 aliphatic heterocycles. The maximum atomic E-state index is 6.33. The number of benzene rings is 3. The molecule has 0 bridgehead atoms. The van der Waals surface area contributed by atoms with Crippen LogP contribution < -0.4 is 4.90 Å². The van der Waals surface area contributed by atoms with Crippen molar-refractivity contribution in [2.24, 2.45) is 0 Å². The van der Waals surface area contributed by atoms with Gasteiger partial charge >= 0.3 is 0 Å². The summed E-state index contributed by atoms with van der Waals surface area (Å²) in [4.78, 5) is 14.5. The van der Waals surface area contributed by atoms with Gasteiger partial charge in [0.15, 0.2) is 0 Å². The number of furan rings is 1. The summed E-state index contributed by atoms with van der Waals surface area (Å²) in [5, 5.41) is 3.30. The number of aromatic nitrogens is 2. The summed E-state index contributed by atoms with van der Waals surface area (Å²) in [6, 6.07) is 25.1. The predicted octanol–water partition coefficient (Wildman–Crippen LogP) is 9.84. The number of fused-ring (bicyclic) bond motifs is 6. The van der Waals surface area contributed by atoms with Crippen molar-refractivity contribution in [2.75, 3.05) is 4.90 Å². The van der Waals surface area contributed by atoms with E-state index in [2.05, 4.69) is 72.7 Å². The van der Waals surface area contributed by atoms with Crippen molar-refractivity contribution in [3.63, 3.8) is 0 Å². The van der Waals surface area contributed by atoms with Crippen LogP contribution in [0, 0.1) is 0 Å². The summed E-state index contributed by atoms with van der Waals surface area (Å²) in [6.45, 7) is 8.33. The van der Waals surface area contributed by atoms with Crippen LogP contribution in [0.25, 0.3) is 44.4 Å². The molecule has 2 aliphatic rings.